The van der Waals surface area contributed by atoms with E-state index in [1.165, 1.54) is 29.7 Å². The summed E-state index contributed by atoms with van der Waals surface area (Å²) in [5.74, 6) is -1.06. The molecular formula is C42H36FN3O6. The Morgan fingerprint density at radius 1 is 0.808 bits per heavy atom. The summed E-state index contributed by atoms with van der Waals surface area (Å²) in [4.78, 5) is 43.7. The molecule has 10 heteroatoms. The highest BCUT2D eigenvalue weighted by molar-refractivity contribution is 5.97. The van der Waals surface area contributed by atoms with Crippen molar-refractivity contribution in [3.8, 4) is 39.6 Å². The number of nitrogens with zero attached hydrogens (tertiary/aromatic N) is 2. The third-order valence-corrected chi connectivity index (χ3v) is 8.58. The molecule has 0 saturated heterocycles. The zero-order valence-electron chi connectivity index (χ0n) is 28.6. The molecule has 2 N–H and O–H groups in total. The van der Waals surface area contributed by atoms with E-state index < -0.39 is 25.1 Å². The summed E-state index contributed by atoms with van der Waals surface area (Å²) >= 11 is 0. The Morgan fingerprint density at radius 3 is 2.08 bits per heavy atom. The summed E-state index contributed by atoms with van der Waals surface area (Å²) < 4.78 is 24.4. The van der Waals surface area contributed by atoms with Crippen LogP contribution in [0.3, 0.4) is 0 Å². The summed E-state index contributed by atoms with van der Waals surface area (Å²) in [5.41, 5.74) is 8.11. The fourth-order valence-corrected chi connectivity index (χ4v) is 5.74. The summed E-state index contributed by atoms with van der Waals surface area (Å²) in [6.45, 7) is 0.863. The van der Waals surface area contributed by atoms with E-state index in [2.05, 4.69) is 53.6 Å². The minimum absolute atomic E-state index is 0.0466. The lowest BCUT2D eigenvalue weighted by Crippen LogP contribution is -2.35. The largest absolute Gasteiger partial charge is 0.497 e. The Bertz CT molecular complexity index is 2180. The average Bonchev–Trinajstić information content (AvgIpc) is 3.66. The number of halogens is 1. The number of carbonyl (C=O) groups excluding carboxylic acids is 2. The predicted octanol–water partition coefficient (Wildman–Crippen LogP) is 8.37. The van der Waals surface area contributed by atoms with Gasteiger partial charge in [0.2, 0.25) is 11.8 Å². The Hall–Kier alpha value is -6.55. The smallest absolute Gasteiger partial charge is 0.323 e. The van der Waals surface area contributed by atoms with E-state index in [1.54, 1.807) is 48.7 Å². The SMILES string of the molecule is COc1ccc(CC(=O)Nc2ccc(C(=O)N(CC(=O)O)Cc3ccc(-c4nc(-c5ccc(-c6ccc(C)cc6)cc5)co4)cc3)cc2)c(CF)c1. The van der Waals surface area contributed by atoms with Crippen LogP contribution in [0.1, 0.15) is 32.6 Å². The van der Waals surface area contributed by atoms with Gasteiger partial charge in [0.15, 0.2) is 0 Å². The number of methoxy groups -OCH3 is 1. The standard InChI is InChI=1S/C42H36FN3O6/c1-27-3-7-29(8-4-27)30-11-13-31(14-12-30)38-26-52-41(45-38)32-9-5-28(6-10-32)24-46(25-40(48)49)42(50)33-15-18-36(19-16-33)44-39(47)22-34-17-20-37(51-2)21-35(34)23-43/h3-21,26H,22-25H2,1-2H3,(H,44,47)(H,48,49). The molecule has 0 aliphatic rings. The van der Waals surface area contributed by atoms with Crippen molar-refractivity contribution in [2.45, 2.75) is 26.6 Å². The van der Waals surface area contributed by atoms with Gasteiger partial charge in [0.25, 0.3) is 5.91 Å². The Morgan fingerprint density at radius 2 is 1.44 bits per heavy atom. The molecule has 0 aliphatic heterocycles. The first-order chi connectivity index (χ1) is 25.2. The number of hydrogen-bond acceptors (Lipinski definition) is 6. The van der Waals surface area contributed by atoms with Crippen LogP contribution in [0.15, 0.2) is 126 Å². The molecule has 0 atom stereocenters. The Balaban J connectivity index is 1.08. The van der Waals surface area contributed by atoms with Crippen LogP contribution >= 0.6 is 0 Å². The Labute approximate surface area is 300 Å². The number of carboxylic acid groups (broad SMARTS) is 1. The molecule has 52 heavy (non-hydrogen) atoms. The second kappa shape index (κ2) is 16.0. The molecule has 1 aromatic heterocycles. The van der Waals surface area contributed by atoms with Crippen molar-refractivity contribution in [1.82, 2.24) is 9.88 Å². The first kappa shape index (κ1) is 35.3. The van der Waals surface area contributed by atoms with Gasteiger partial charge in [-0.2, -0.15) is 0 Å². The van der Waals surface area contributed by atoms with Crippen LogP contribution in [0.25, 0.3) is 33.8 Å². The maximum atomic E-state index is 13.5. The summed E-state index contributed by atoms with van der Waals surface area (Å²) in [6, 6.07) is 34.7. The van der Waals surface area contributed by atoms with E-state index in [-0.39, 0.29) is 24.4 Å². The molecule has 0 bridgehead atoms. The summed E-state index contributed by atoms with van der Waals surface area (Å²) in [7, 11) is 1.49. The number of alkyl halides is 1. The van der Waals surface area contributed by atoms with Crippen LogP contribution in [-0.4, -0.2) is 46.4 Å². The van der Waals surface area contributed by atoms with Crippen molar-refractivity contribution in [2.75, 3.05) is 19.0 Å². The average molecular weight is 698 g/mol. The van der Waals surface area contributed by atoms with E-state index in [4.69, 9.17) is 9.15 Å². The lowest BCUT2D eigenvalue weighted by molar-refractivity contribution is -0.137. The van der Waals surface area contributed by atoms with Crippen molar-refractivity contribution in [2.24, 2.45) is 0 Å². The molecule has 0 aliphatic carbocycles. The minimum Gasteiger partial charge on any atom is -0.497 e. The fraction of sp³-hybridized carbons (Fsp3) is 0.143. The van der Waals surface area contributed by atoms with E-state index in [9.17, 15) is 23.9 Å². The predicted molar refractivity (Wildman–Crippen MR) is 197 cm³/mol. The topological polar surface area (TPSA) is 122 Å². The van der Waals surface area contributed by atoms with Gasteiger partial charge in [0, 0.05) is 28.9 Å². The van der Waals surface area contributed by atoms with Crippen molar-refractivity contribution in [1.29, 1.82) is 0 Å². The first-order valence-electron chi connectivity index (χ1n) is 16.5. The molecule has 5 aromatic carbocycles. The number of ether oxygens (including phenoxy) is 1. The van der Waals surface area contributed by atoms with Crippen molar-refractivity contribution in [3.05, 3.63) is 149 Å². The number of amides is 2. The van der Waals surface area contributed by atoms with Crippen molar-refractivity contribution >= 4 is 23.5 Å². The molecule has 6 rings (SSSR count). The van der Waals surface area contributed by atoms with Gasteiger partial charge in [-0.15, -0.1) is 0 Å². The highest BCUT2D eigenvalue weighted by Gasteiger charge is 2.20. The van der Waals surface area contributed by atoms with Gasteiger partial charge in [-0.25, -0.2) is 9.37 Å². The Kier molecular flexibility index (Phi) is 10.8. The molecule has 2 amide bonds. The minimum atomic E-state index is -1.15. The van der Waals surface area contributed by atoms with Crippen molar-refractivity contribution < 1.29 is 33.0 Å². The zero-order valence-corrected chi connectivity index (χ0v) is 28.6. The number of hydrogen-bond donors (Lipinski definition) is 2. The number of rotatable bonds is 13. The number of aryl methyl sites for hydroxylation is 1. The molecule has 0 unspecified atom stereocenters. The summed E-state index contributed by atoms with van der Waals surface area (Å²) in [5, 5.41) is 12.3. The zero-order chi connectivity index (χ0) is 36.6. The maximum Gasteiger partial charge on any atom is 0.323 e. The number of oxazole rings is 1. The molecule has 9 nitrogen and oxygen atoms in total. The molecular weight excluding hydrogens is 661 g/mol. The van der Waals surface area contributed by atoms with Gasteiger partial charge >= 0.3 is 5.97 Å². The fourth-order valence-electron chi connectivity index (χ4n) is 5.74. The maximum absolute atomic E-state index is 13.5. The van der Waals surface area contributed by atoms with Gasteiger partial charge in [-0.3, -0.25) is 14.4 Å². The number of benzene rings is 5. The molecule has 0 fully saturated rings. The number of anilines is 1. The van der Waals surface area contributed by atoms with Crippen LogP contribution in [0.4, 0.5) is 10.1 Å². The van der Waals surface area contributed by atoms with Crippen LogP contribution in [-0.2, 0) is 29.2 Å². The lowest BCUT2D eigenvalue weighted by Gasteiger charge is -2.21. The number of aromatic nitrogens is 1. The molecule has 262 valence electrons. The van der Waals surface area contributed by atoms with E-state index >= 15 is 0 Å². The third-order valence-electron chi connectivity index (χ3n) is 8.58. The van der Waals surface area contributed by atoms with Gasteiger partial charge in [0.05, 0.1) is 13.5 Å². The highest BCUT2D eigenvalue weighted by atomic mass is 19.1. The second-order valence-electron chi connectivity index (χ2n) is 12.3. The molecule has 0 saturated carbocycles. The van der Waals surface area contributed by atoms with Gasteiger partial charge in [-0.1, -0.05) is 72.3 Å². The monoisotopic (exact) mass is 697 g/mol. The van der Waals surface area contributed by atoms with E-state index in [0.717, 1.165) is 22.3 Å². The van der Waals surface area contributed by atoms with Crippen LogP contribution < -0.4 is 10.1 Å². The normalized spacial score (nSPS) is 10.8. The van der Waals surface area contributed by atoms with Crippen LogP contribution in [0.5, 0.6) is 5.75 Å². The second-order valence-corrected chi connectivity index (χ2v) is 12.3. The van der Waals surface area contributed by atoms with Gasteiger partial charge in [0.1, 0.15) is 30.9 Å². The molecule has 1 heterocycles. The van der Waals surface area contributed by atoms with Crippen LogP contribution in [0.2, 0.25) is 0 Å². The lowest BCUT2D eigenvalue weighted by atomic mass is 10.0. The molecule has 0 radical (unpaired) electrons. The number of nitrogens with one attached hydrogen (secondary N) is 1. The van der Waals surface area contributed by atoms with Crippen LogP contribution in [0, 0.1) is 6.92 Å². The highest BCUT2D eigenvalue weighted by Crippen LogP contribution is 2.28. The summed E-state index contributed by atoms with van der Waals surface area (Å²) in [6.07, 6.45) is 1.56. The third kappa shape index (κ3) is 8.59. The van der Waals surface area contributed by atoms with Gasteiger partial charge < -0.3 is 24.5 Å². The quantitative estimate of drug-likeness (QED) is 0.124. The van der Waals surface area contributed by atoms with Crippen molar-refractivity contribution in [3.63, 3.8) is 0 Å². The first-order valence-corrected chi connectivity index (χ1v) is 16.5. The van der Waals surface area contributed by atoms with E-state index in [1.807, 2.05) is 24.3 Å². The number of aliphatic carboxylic acids is 1. The van der Waals surface area contributed by atoms with E-state index in [0.29, 0.717) is 39.7 Å². The molecule has 0 spiro atoms. The van der Waals surface area contributed by atoms with Gasteiger partial charge in [-0.05, 0) is 83.3 Å². The number of carboxylic acids is 1. The molecule has 6 aromatic rings. The number of carbonyl (C=O) groups is 3.